The van der Waals surface area contributed by atoms with E-state index in [0.717, 1.165) is 11.3 Å². The van der Waals surface area contributed by atoms with Gasteiger partial charge in [-0.05, 0) is 32.4 Å². The molecule has 2 N–H and O–H groups in total. The van der Waals surface area contributed by atoms with E-state index in [0.29, 0.717) is 0 Å². The minimum Gasteiger partial charge on any atom is -0.460 e. The molecule has 1 aliphatic rings. The van der Waals surface area contributed by atoms with Crippen LogP contribution in [0.2, 0.25) is 0 Å². The molecule has 0 saturated heterocycles. The SMILES string of the molecule is C=CCOC(=O)CONC1CN(C(=O)OC(C)(C)C)Nc2ccccc21. The van der Waals surface area contributed by atoms with Crippen molar-refractivity contribution < 1.29 is 23.9 Å². The molecule has 0 saturated carbocycles. The second-order valence-corrected chi connectivity index (χ2v) is 6.72. The van der Waals surface area contributed by atoms with Crippen molar-refractivity contribution in [3.8, 4) is 0 Å². The van der Waals surface area contributed by atoms with E-state index in [1.807, 2.05) is 24.3 Å². The second-order valence-electron chi connectivity index (χ2n) is 6.72. The number of hydroxylamine groups is 1. The molecule has 1 aliphatic heterocycles. The highest BCUT2D eigenvalue weighted by molar-refractivity contribution is 5.72. The van der Waals surface area contributed by atoms with Gasteiger partial charge >= 0.3 is 12.1 Å². The molecule has 0 spiro atoms. The molecule has 0 aliphatic carbocycles. The van der Waals surface area contributed by atoms with E-state index in [9.17, 15) is 9.59 Å². The summed E-state index contributed by atoms with van der Waals surface area (Å²) in [5.41, 5.74) is 6.91. The number of nitrogens with zero attached hydrogens (tertiary/aromatic N) is 1. The van der Waals surface area contributed by atoms with Crippen molar-refractivity contribution >= 4 is 17.7 Å². The summed E-state index contributed by atoms with van der Waals surface area (Å²) >= 11 is 0. The van der Waals surface area contributed by atoms with Gasteiger partial charge in [-0.15, -0.1) is 0 Å². The molecule has 0 radical (unpaired) electrons. The number of carbonyl (C=O) groups excluding carboxylic acids is 2. The molecular formula is C18H25N3O5. The highest BCUT2D eigenvalue weighted by Crippen LogP contribution is 2.29. The van der Waals surface area contributed by atoms with Gasteiger partial charge in [-0.2, -0.15) is 5.48 Å². The molecule has 8 nitrogen and oxygen atoms in total. The third-order valence-electron chi connectivity index (χ3n) is 3.35. The zero-order chi connectivity index (χ0) is 19.2. The molecule has 0 fully saturated rings. The number of fused-ring (bicyclic) bond motifs is 1. The van der Waals surface area contributed by atoms with Crippen molar-refractivity contribution in [2.24, 2.45) is 0 Å². The van der Waals surface area contributed by atoms with Crippen LogP contribution in [0.1, 0.15) is 32.4 Å². The van der Waals surface area contributed by atoms with Gasteiger partial charge in [0.05, 0.1) is 18.3 Å². The Morgan fingerprint density at radius 1 is 1.38 bits per heavy atom. The average molecular weight is 363 g/mol. The normalized spacial score (nSPS) is 16.3. The fraction of sp³-hybridized carbons (Fsp3) is 0.444. The summed E-state index contributed by atoms with van der Waals surface area (Å²) in [5.74, 6) is -0.511. The number of nitrogens with one attached hydrogen (secondary N) is 2. The molecule has 2 rings (SSSR count). The van der Waals surface area contributed by atoms with Crippen LogP contribution < -0.4 is 10.9 Å². The van der Waals surface area contributed by atoms with Gasteiger partial charge in [-0.1, -0.05) is 30.9 Å². The molecule has 0 aromatic heterocycles. The standard InChI is InChI=1S/C18H25N3O5/c1-5-10-24-16(22)12-25-20-15-11-21(17(23)26-18(2,3)4)19-14-9-7-6-8-13(14)15/h5-9,15,19-20H,1,10-12H2,2-4H3. The fourth-order valence-corrected chi connectivity index (χ4v) is 2.31. The zero-order valence-corrected chi connectivity index (χ0v) is 15.3. The van der Waals surface area contributed by atoms with Crippen molar-refractivity contribution in [1.82, 2.24) is 10.5 Å². The number of para-hydroxylation sites is 1. The van der Waals surface area contributed by atoms with Crippen molar-refractivity contribution in [1.29, 1.82) is 0 Å². The molecule has 1 atom stereocenters. The number of carbonyl (C=O) groups is 2. The van der Waals surface area contributed by atoms with Crippen LogP contribution in [0.3, 0.4) is 0 Å². The Bertz CT molecular complexity index is 656. The van der Waals surface area contributed by atoms with Crippen LogP contribution in [-0.4, -0.2) is 42.4 Å². The lowest BCUT2D eigenvalue weighted by Gasteiger charge is -2.36. The summed E-state index contributed by atoms with van der Waals surface area (Å²) in [6, 6.07) is 7.16. The third-order valence-corrected chi connectivity index (χ3v) is 3.35. The average Bonchev–Trinajstić information content (AvgIpc) is 2.58. The lowest BCUT2D eigenvalue weighted by atomic mass is 10.0. The number of ether oxygens (including phenoxy) is 2. The molecular weight excluding hydrogens is 338 g/mol. The first kappa shape index (κ1) is 19.7. The summed E-state index contributed by atoms with van der Waals surface area (Å²) in [7, 11) is 0. The predicted molar refractivity (Wildman–Crippen MR) is 96.0 cm³/mol. The van der Waals surface area contributed by atoms with Crippen molar-refractivity contribution in [3.05, 3.63) is 42.5 Å². The second kappa shape index (κ2) is 8.68. The topological polar surface area (TPSA) is 89.1 Å². The third kappa shape index (κ3) is 5.75. The molecule has 0 bridgehead atoms. The number of amides is 1. The molecule has 1 heterocycles. The van der Waals surface area contributed by atoms with Gasteiger partial charge in [-0.25, -0.2) is 14.6 Å². The summed E-state index contributed by atoms with van der Waals surface area (Å²) in [5, 5.41) is 1.37. The van der Waals surface area contributed by atoms with Crippen molar-refractivity contribution in [3.63, 3.8) is 0 Å². The first-order valence-corrected chi connectivity index (χ1v) is 8.30. The zero-order valence-electron chi connectivity index (χ0n) is 15.3. The summed E-state index contributed by atoms with van der Waals surface area (Å²) in [6.45, 7) is 9.01. The van der Waals surface area contributed by atoms with Gasteiger partial charge in [-0.3, -0.25) is 10.3 Å². The highest BCUT2D eigenvalue weighted by Gasteiger charge is 2.31. The first-order chi connectivity index (χ1) is 12.3. The van der Waals surface area contributed by atoms with Gasteiger partial charge in [0.2, 0.25) is 0 Å². The first-order valence-electron chi connectivity index (χ1n) is 8.30. The Morgan fingerprint density at radius 2 is 2.12 bits per heavy atom. The number of rotatable bonds is 6. The highest BCUT2D eigenvalue weighted by atomic mass is 16.7. The summed E-state index contributed by atoms with van der Waals surface area (Å²) < 4.78 is 10.2. The number of benzene rings is 1. The van der Waals surface area contributed by atoms with E-state index in [2.05, 4.69) is 17.5 Å². The maximum absolute atomic E-state index is 12.4. The largest absolute Gasteiger partial charge is 0.460 e. The van der Waals surface area contributed by atoms with E-state index in [4.69, 9.17) is 14.3 Å². The molecule has 1 unspecified atom stereocenters. The Morgan fingerprint density at radius 3 is 2.81 bits per heavy atom. The minimum atomic E-state index is -0.607. The summed E-state index contributed by atoms with van der Waals surface area (Å²) in [6.07, 6.45) is 0.983. The minimum absolute atomic E-state index is 0.130. The van der Waals surface area contributed by atoms with Gasteiger partial charge in [0, 0.05) is 0 Å². The van der Waals surface area contributed by atoms with Crippen molar-refractivity contribution in [2.45, 2.75) is 32.4 Å². The quantitative estimate of drug-likeness (QED) is 0.456. The summed E-state index contributed by atoms with van der Waals surface area (Å²) in [4.78, 5) is 29.1. The van der Waals surface area contributed by atoms with Crippen LogP contribution in [-0.2, 0) is 19.1 Å². The Hall–Kier alpha value is -2.58. The maximum atomic E-state index is 12.4. The van der Waals surface area contributed by atoms with Crippen LogP contribution in [0, 0.1) is 0 Å². The van der Waals surface area contributed by atoms with Crippen LogP contribution in [0.5, 0.6) is 0 Å². The number of hydrogen-bond donors (Lipinski definition) is 2. The lowest BCUT2D eigenvalue weighted by Crippen LogP contribution is -2.48. The van der Waals surface area contributed by atoms with E-state index >= 15 is 0 Å². The van der Waals surface area contributed by atoms with Crippen LogP contribution in [0.4, 0.5) is 10.5 Å². The van der Waals surface area contributed by atoms with Gasteiger partial charge in [0.1, 0.15) is 12.2 Å². The van der Waals surface area contributed by atoms with Crippen LogP contribution in [0.15, 0.2) is 36.9 Å². The van der Waals surface area contributed by atoms with Gasteiger partial charge in [0.25, 0.3) is 0 Å². The number of hydrazine groups is 1. The van der Waals surface area contributed by atoms with E-state index in [-0.39, 0.29) is 25.8 Å². The van der Waals surface area contributed by atoms with Crippen LogP contribution in [0.25, 0.3) is 0 Å². The number of anilines is 1. The number of esters is 1. The van der Waals surface area contributed by atoms with Gasteiger partial charge < -0.3 is 9.47 Å². The van der Waals surface area contributed by atoms with Crippen LogP contribution >= 0.6 is 0 Å². The number of hydrogen-bond acceptors (Lipinski definition) is 7. The van der Waals surface area contributed by atoms with E-state index in [1.54, 1.807) is 20.8 Å². The Labute approximate surface area is 153 Å². The van der Waals surface area contributed by atoms with Crippen molar-refractivity contribution in [2.75, 3.05) is 25.2 Å². The molecule has 8 heteroatoms. The monoisotopic (exact) mass is 363 g/mol. The molecule has 1 amide bonds. The van der Waals surface area contributed by atoms with E-state index < -0.39 is 17.7 Å². The molecule has 26 heavy (non-hydrogen) atoms. The van der Waals surface area contributed by atoms with Gasteiger partial charge in [0.15, 0.2) is 6.61 Å². The molecule has 1 aromatic carbocycles. The Kier molecular flexibility index (Phi) is 6.59. The fourth-order valence-electron chi connectivity index (χ4n) is 2.31. The molecule has 142 valence electrons. The smallest absolute Gasteiger partial charge is 0.429 e. The maximum Gasteiger partial charge on any atom is 0.429 e. The molecule has 1 aromatic rings. The lowest BCUT2D eigenvalue weighted by molar-refractivity contribution is -0.151. The Balaban J connectivity index is 2.01. The predicted octanol–water partition coefficient (Wildman–Crippen LogP) is 2.56. The van der Waals surface area contributed by atoms with E-state index in [1.165, 1.54) is 11.1 Å².